The number of hydrogen-bond acceptors (Lipinski definition) is 4. The van der Waals surface area contributed by atoms with Crippen molar-refractivity contribution < 1.29 is 18.3 Å². The Bertz CT molecular complexity index is 654. The number of amides is 1. The minimum Gasteiger partial charge on any atom is -0.435 e. The second-order valence-corrected chi connectivity index (χ2v) is 5.96. The van der Waals surface area contributed by atoms with Gasteiger partial charge in [0.05, 0.1) is 12.1 Å². The van der Waals surface area contributed by atoms with Gasteiger partial charge >= 0.3 is 6.61 Å². The molecule has 0 radical (unpaired) electrons. The lowest BCUT2D eigenvalue weighted by Gasteiger charge is -2.05. The molecule has 2 aromatic rings. The van der Waals surface area contributed by atoms with Gasteiger partial charge in [-0.25, -0.2) is 4.98 Å². The molecule has 0 unspecified atom stereocenters. The number of carbonyl (C=O) groups is 1. The summed E-state index contributed by atoms with van der Waals surface area (Å²) >= 11 is 1.42. The molecule has 22 heavy (non-hydrogen) atoms. The zero-order valence-electron chi connectivity index (χ0n) is 11.6. The van der Waals surface area contributed by atoms with Crippen molar-refractivity contribution in [2.75, 3.05) is 5.32 Å². The number of nitrogens with zero attached hydrogens (tertiary/aromatic N) is 1. The highest BCUT2D eigenvalue weighted by Crippen LogP contribution is 2.40. The van der Waals surface area contributed by atoms with Crippen molar-refractivity contribution >= 4 is 22.4 Å². The number of anilines is 1. The lowest BCUT2D eigenvalue weighted by molar-refractivity contribution is -0.115. The number of carbonyl (C=O) groups excluding carboxylic acids is 1. The Labute approximate surface area is 130 Å². The molecule has 1 fully saturated rings. The van der Waals surface area contributed by atoms with Gasteiger partial charge in [0.15, 0.2) is 5.13 Å². The van der Waals surface area contributed by atoms with Crippen LogP contribution in [0.1, 0.15) is 30.0 Å². The lowest BCUT2D eigenvalue weighted by Crippen LogP contribution is -2.14. The molecule has 0 bridgehead atoms. The summed E-state index contributed by atoms with van der Waals surface area (Å²) in [6.07, 6.45) is 2.50. The zero-order chi connectivity index (χ0) is 15.5. The molecule has 1 heterocycles. The standard InChI is InChI=1S/C15H14F2N2O2S/c16-14(17)21-11-5-1-9(2-6-11)7-13(20)19-15-18-12(8-22-15)10-3-4-10/h1-2,5-6,8,10,14H,3-4,7H2,(H,18,19,20). The molecule has 1 N–H and O–H groups in total. The van der Waals surface area contributed by atoms with Crippen molar-refractivity contribution in [1.82, 2.24) is 4.98 Å². The van der Waals surface area contributed by atoms with Gasteiger partial charge in [0.2, 0.25) is 5.91 Å². The molecule has 1 aromatic carbocycles. The highest BCUT2D eigenvalue weighted by atomic mass is 32.1. The van der Waals surface area contributed by atoms with Crippen LogP contribution in [0.15, 0.2) is 29.6 Å². The Morgan fingerprint density at radius 2 is 2.09 bits per heavy atom. The van der Waals surface area contributed by atoms with Crippen molar-refractivity contribution in [1.29, 1.82) is 0 Å². The van der Waals surface area contributed by atoms with E-state index in [-0.39, 0.29) is 18.1 Å². The van der Waals surface area contributed by atoms with E-state index >= 15 is 0 Å². The predicted octanol–water partition coefficient (Wildman–Crippen LogP) is 3.80. The molecule has 1 aromatic heterocycles. The van der Waals surface area contributed by atoms with Gasteiger partial charge in [0, 0.05) is 11.3 Å². The van der Waals surface area contributed by atoms with E-state index in [0.717, 1.165) is 11.3 Å². The van der Waals surface area contributed by atoms with E-state index in [1.54, 1.807) is 12.1 Å². The van der Waals surface area contributed by atoms with Gasteiger partial charge in [-0.05, 0) is 30.5 Å². The summed E-state index contributed by atoms with van der Waals surface area (Å²) in [5.41, 5.74) is 1.77. The van der Waals surface area contributed by atoms with Gasteiger partial charge in [0.25, 0.3) is 0 Å². The van der Waals surface area contributed by atoms with E-state index < -0.39 is 6.61 Å². The highest BCUT2D eigenvalue weighted by molar-refractivity contribution is 7.13. The van der Waals surface area contributed by atoms with E-state index in [1.807, 2.05) is 5.38 Å². The van der Waals surface area contributed by atoms with Crippen LogP contribution in [0.3, 0.4) is 0 Å². The average molecular weight is 324 g/mol. The molecule has 1 saturated carbocycles. The van der Waals surface area contributed by atoms with Gasteiger partial charge in [-0.1, -0.05) is 12.1 Å². The summed E-state index contributed by atoms with van der Waals surface area (Å²) in [7, 11) is 0. The third-order valence-corrected chi connectivity index (χ3v) is 4.05. The molecule has 7 heteroatoms. The van der Waals surface area contributed by atoms with Crippen LogP contribution in [0.25, 0.3) is 0 Å². The minimum absolute atomic E-state index is 0.0770. The van der Waals surface area contributed by atoms with Crippen LogP contribution >= 0.6 is 11.3 Å². The van der Waals surface area contributed by atoms with Crippen LogP contribution in [0.5, 0.6) is 5.75 Å². The monoisotopic (exact) mass is 324 g/mol. The Balaban J connectivity index is 1.54. The van der Waals surface area contributed by atoms with E-state index in [0.29, 0.717) is 11.0 Å². The molecular weight excluding hydrogens is 310 g/mol. The van der Waals surface area contributed by atoms with Gasteiger partial charge < -0.3 is 10.1 Å². The molecule has 116 valence electrons. The van der Waals surface area contributed by atoms with Crippen LogP contribution in [-0.2, 0) is 11.2 Å². The highest BCUT2D eigenvalue weighted by Gasteiger charge is 2.26. The van der Waals surface area contributed by atoms with Gasteiger partial charge in [0.1, 0.15) is 5.75 Å². The molecule has 0 atom stereocenters. The normalized spacial score (nSPS) is 14.1. The topological polar surface area (TPSA) is 51.2 Å². The molecule has 4 nitrogen and oxygen atoms in total. The number of hydrogen-bond donors (Lipinski definition) is 1. The van der Waals surface area contributed by atoms with E-state index in [9.17, 15) is 13.6 Å². The molecule has 0 spiro atoms. The fraction of sp³-hybridized carbons (Fsp3) is 0.333. The van der Waals surface area contributed by atoms with E-state index in [1.165, 1.54) is 36.3 Å². The molecular formula is C15H14F2N2O2S. The summed E-state index contributed by atoms with van der Waals surface area (Å²) in [4.78, 5) is 16.3. The maximum atomic E-state index is 12.0. The third kappa shape index (κ3) is 4.00. The Morgan fingerprint density at radius 3 is 2.73 bits per heavy atom. The average Bonchev–Trinajstić information content (AvgIpc) is 3.21. The van der Waals surface area contributed by atoms with Crippen LogP contribution in [0.4, 0.5) is 13.9 Å². The minimum atomic E-state index is -2.85. The third-order valence-electron chi connectivity index (χ3n) is 3.28. The molecule has 1 aliphatic rings. The fourth-order valence-electron chi connectivity index (χ4n) is 2.05. The molecule has 1 amide bonds. The van der Waals surface area contributed by atoms with E-state index in [4.69, 9.17) is 0 Å². The Morgan fingerprint density at radius 1 is 1.36 bits per heavy atom. The van der Waals surface area contributed by atoms with Crippen molar-refractivity contribution in [3.8, 4) is 5.75 Å². The van der Waals surface area contributed by atoms with Gasteiger partial charge in [-0.2, -0.15) is 8.78 Å². The van der Waals surface area contributed by atoms with Crippen molar-refractivity contribution in [3.63, 3.8) is 0 Å². The second kappa shape index (κ2) is 6.39. The molecule has 0 saturated heterocycles. The SMILES string of the molecule is O=C(Cc1ccc(OC(F)F)cc1)Nc1nc(C2CC2)cs1. The summed E-state index contributed by atoms with van der Waals surface area (Å²) < 4.78 is 28.3. The number of aromatic nitrogens is 1. The number of alkyl halides is 2. The summed E-state index contributed by atoms with van der Waals surface area (Å²) in [6.45, 7) is -2.85. The first kappa shape index (κ1) is 14.9. The van der Waals surface area contributed by atoms with Crippen LogP contribution in [-0.4, -0.2) is 17.5 Å². The summed E-state index contributed by atoms with van der Waals surface area (Å²) in [5.74, 6) is 0.455. The number of rotatable bonds is 6. The van der Waals surface area contributed by atoms with Gasteiger partial charge in [-0.15, -0.1) is 11.3 Å². The number of ether oxygens (including phenoxy) is 1. The molecule has 1 aliphatic carbocycles. The Kier molecular flexibility index (Phi) is 4.33. The quantitative estimate of drug-likeness (QED) is 0.879. The first-order valence-electron chi connectivity index (χ1n) is 6.89. The summed E-state index contributed by atoms with van der Waals surface area (Å²) in [6, 6.07) is 6.02. The second-order valence-electron chi connectivity index (χ2n) is 5.10. The lowest BCUT2D eigenvalue weighted by atomic mass is 10.1. The molecule has 3 rings (SSSR count). The van der Waals surface area contributed by atoms with Crippen molar-refractivity contribution in [2.24, 2.45) is 0 Å². The maximum Gasteiger partial charge on any atom is 0.387 e. The first-order chi connectivity index (χ1) is 10.6. The van der Waals surface area contributed by atoms with Crippen molar-refractivity contribution in [2.45, 2.75) is 31.8 Å². The Hall–Kier alpha value is -2.02. The number of halogens is 2. The number of benzene rings is 1. The van der Waals surface area contributed by atoms with Gasteiger partial charge in [-0.3, -0.25) is 4.79 Å². The largest absolute Gasteiger partial charge is 0.435 e. The predicted molar refractivity (Wildman–Crippen MR) is 79.5 cm³/mol. The van der Waals surface area contributed by atoms with Crippen LogP contribution < -0.4 is 10.1 Å². The summed E-state index contributed by atoms with van der Waals surface area (Å²) in [5, 5.41) is 5.33. The number of nitrogens with one attached hydrogen (secondary N) is 1. The fourth-order valence-corrected chi connectivity index (χ4v) is 2.86. The zero-order valence-corrected chi connectivity index (χ0v) is 12.4. The van der Waals surface area contributed by atoms with E-state index in [2.05, 4.69) is 15.0 Å². The van der Waals surface area contributed by atoms with Crippen LogP contribution in [0.2, 0.25) is 0 Å². The van der Waals surface area contributed by atoms with Crippen molar-refractivity contribution in [3.05, 3.63) is 40.9 Å². The number of thiazole rings is 1. The maximum absolute atomic E-state index is 12.0. The molecule has 0 aliphatic heterocycles. The first-order valence-corrected chi connectivity index (χ1v) is 7.77. The van der Waals surface area contributed by atoms with Crippen LogP contribution in [0, 0.1) is 0 Å². The smallest absolute Gasteiger partial charge is 0.387 e.